The van der Waals surface area contributed by atoms with Gasteiger partial charge >= 0.3 is 0 Å². The van der Waals surface area contributed by atoms with E-state index in [1.54, 1.807) is 12.1 Å². The first-order valence-corrected chi connectivity index (χ1v) is 4.35. The standard InChI is InChI=1S/C10H16N2O/c1-8(11)7-12(2)9-4-3-5-10(13)6-9/h3-6,8,13H,7,11H2,1-2H3. The Morgan fingerprint density at radius 3 is 2.77 bits per heavy atom. The van der Waals surface area contributed by atoms with E-state index in [4.69, 9.17) is 5.73 Å². The fourth-order valence-corrected chi connectivity index (χ4v) is 1.27. The van der Waals surface area contributed by atoms with Crippen LogP contribution in [0.2, 0.25) is 0 Å². The molecule has 0 aromatic heterocycles. The van der Waals surface area contributed by atoms with Crippen LogP contribution in [0.5, 0.6) is 5.75 Å². The Balaban J connectivity index is 2.71. The Hall–Kier alpha value is -1.22. The number of nitrogens with zero attached hydrogens (tertiary/aromatic N) is 1. The van der Waals surface area contributed by atoms with Crippen LogP contribution in [0, 0.1) is 0 Å². The van der Waals surface area contributed by atoms with Gasteiger partial charge in [0, 0.05) is 31.4 Å². The number of likely N-dealkylation sites (N-methyl/N-ethyl adjacent to an activating group) is 1. The SMILES string of the molecule is CC(N)CN(C)c1cccc(O)c1. The number of rotatable bonds is 3. The molecule has 1 aromatic rings. The molecule has 1 atom stereocenters. The third-order valence-corrected chi connectivity index (χ3v) is 1.83. The van der Waals surface area contributed by atoms with Gasteiger partial charge in [-0.2, -0.15) is 0 Å². The molecule has 0 fully saturated rings. The molecule has 13 heavy (non-hydrogen) atoms. The van der Waals surface area contributed by atoms with Crippen LogP contribution in [0.25, 0.3) is 0 Å². The van der Waals surface area contributed by atoms with Gasteiger partial charge in [0.25, 0.3) is 0 Å². The number of aromatic hydroxyl groups is 1. The molecule has 0 aliphatic heterocycles. The predicted molar refractivity (Wildman–Crippen MR) is 55.0 cm³/mol. The van der Waals surface area contributed by atoms with Crippen LogP contribution in [-0.2, 0) is 0 Å². The Bertz CT molecular complexity index is 273. The average molecular weight is 180 g/mol. The molecule has 3 nitrogen and oxygen atoms in total. The van der Waals surface area contributed by atoms with Crippen molar-refractivity contribution in [1.82, 2.24) is 0 Å². The smallest absolute Gasteiger partial charge is 0.117 e. The first-order valence-electron chi connectivity index (χ1n) is 4.35. The summed E-state index contributed by atoms with van der Waals surface area (Å²) in [5, 5.41) is 9.24. The van der Waals surface area contributed by atoms with Crippen molar-refractivity contribution in [2.45, 2.75) is 13.0 Å². The minimum Gasteiger partial charge on any atom is -0.508 e. The lowest BCUT2D eigenvalue weighted by atomic mass is 10.2. The lowest BCUT2D eigenvalue weighted by Crippen LogP contribution is -2.32. The Morgan fingerprint density at radius 1 is 1.54 bits per heavy atom. The van der Waals surface area contributed by atoms with Gasteiger partial charge in [-0.1, -0.05) is 6.07 Å². The van der Waals surface area contributed by atoms with E-state index in [1.165, 1.54) is 0 Å². The maximum atomic E-state index is 9.24. The van der Waals surface area contributed by atoms with Crippen LogP contribution in [-0.4, -0.2) is 24.7 Å². The zero-order valence-electron chi connectivity index (χ0n) is 8.07. The van der Waals surface area contributed by atoms with Gasteiger partial charge in [-0.15, -0.1) is 0 Å². The van der Waals surface area contributed by atoms with Gasteiger partial charge in [0.1, 0.15) is 5.75 Å². The zero-order valence-corrected chi connectivity index (χ0v) is 8.07. The molecular formula is C10H16N2O. The maximum Gasteiger partial charge on any atom is 0.117 e. The first-order chi connectivity index (χ1) is 6.09. The van der Waals surface area contributed by atoms with Crippen molar-refractivity contribution >= 4 is 5.69 Å². The molecule has 0 radical (unpaired) electrons. The number of nitrogens with two attached hydrogens (primary N) is 1. The second-order valence-corrected chi connectivity index (χ2v) is 3.38. The van der Waals surface area contributed by atoms with Gasteiger partial charge in [0.2, 0.25) is 0 Å². The highest BCUT2D eigenvalue weighted by molar-refractivity contribution is 5.49. The van der Waals surface area contributed by atoms with Crippen molar-refractivity contribution in [3.05, 3.63) is 24.3 Å². The second-order valence-electron chi connectivity index (χ2n) is 3.38. The van der Waals surface area contributed by atoms with E-state index in [2.05, 4.69) is 0 Å². The second kappa shape index (κ2) is 4.14. The fourth-order valence-electron chi connectivity index (χ4n) is 1.27. The minimum absolute atomic E-state index is 0.132. The van der Waals surface area contributed by atoms with Crippen molar-refractivity contribution in [3.63, 3.8) is 0 Å². The van der Waals surface area contributed by atoms with Crippen LogP contribution < -0.4 is 10.6 Å². The normalized spacial score (nSPS) is 12.5. The third-order valence-electron chi connectivity index (χ3n) is 1.83. The summed E-state index contributed by atoms with van der Waals surface area (Å²) in [6, 6.07) is 7.28. The molecular weight excluding hydrogens is 164 g/mol. The van der Waals surface area contributed by atoms with Crippen molar-refractivity contribution in [1.29, 1.82) is 0 Å². The molecule has 0 bridgehead atoms. The largest absolute Gasteiger partial charge is 0.508 e. The summed E-state index contributed by atoms with van der Waals surface area (Å²) >= 11 is 0. The van der Waals surface area contributed by atoms with Gasteiger partial charge in [-0.3, -0.25) is 0 Å². The highest BCUT2D eigenvalue weighted by atomic mass is 16.3. The summed E-state index contributed by atoms with van der Waals surface area (Å²) in [4.78, 5) is 2.02. The molecule has 1 rings (SSSR count). The van der Waals surface area contributed by atoms with E-state index < -0.39 is 0 Å². The molecule has 0 spiro atoms. The lowest BCUT2D eigenvalue weighted by Gasteiger charge is -2.21. The Kier molecular flexibility index (Phi) is 3.14. The topological polar surface area (TPSA) is 49.5 Å². The van der Waals surface area contributed by atoms with E-state index in [-0.39, 0.29) is 11.8 Å². The summed E-state index contributed by atoms with van der Waals surface area (Å²) < 4.78 is 0. The van der Waals surface area contributed by atoms with Gasteiger partial charge in [-0.05, 0) is 19.1 Å². The highest BCUT2D eigenvalue weighted by Gasteiger charge is 2.03. The zero-order chi connectivity index (χ0) is 9.84. The van der Waals surface area contributed by atoms with Crippen molar-refractivity contribution in [2.24, 2.45) is 5.73 Å². The van der Waals surface area contributed by atoms with E-state index in [0.29, 0.717) is 0 Å². The van der Waals surface area contributed by atoms with Crippen LogP contribution in [0.15, 0.2) is 24.3 Å². The molecule has 3 heteroatoms. The van der Waals surface area contributed by atoms with Gasteiger partial charge in [-0.25, -0.2) is 0 Å². The number of hydrogen-bond donors (Lipinski definition) is 2. The summed E-state index contributed by atoms with van der Waals surface area (Å²) in [6.45, 7) is 2.74. The molecule has 1 aromatic carbocycles. The van der Waals surface area contributed by atoms with Crippen LogP contribution in [0.1, 0.15) is 6.92 Å². The number of phenols is 1. The lowest BCUT2D eigenvalue weighted by molar-refractivity contribution is 0.475. The van der Waals surface area contributed by atoms with E-state index >= 15 is 0 Å². The first kappa shape index (κ1) is 9.86. The van der Waals surface area contributed by atoms with Gasteiger partial charge in [0.15, 0.2) is 0 Å². The summed E-state index contributed by atoms with van der Waals surface area (Å²) in [5.74, 6) is 0.286. The van der Waals surface area contributed by atoms with E-state index in [0.717, 1.165) is 12.2 Å². The molecule has 0 aliphatic carbocycles. The molecule has 3 N–H and O–H groups in total. The molecule has 0 saturated heterocycles. The van der Waals surface area contributed by atoms with Crippen LogP contribution >= 0.6 is 0 Å². The van der Waals surface area contributed by atoms with Crippen molar-refractivity contribution in [2.75, 3.05) is 18.5 Å². The third kappa shape index (κ3) is 2.95. The number of phenolic OH excluding ortho intramolecular Hbond substituents is 1. The molecule has 1 unspecified atom stereocenters. The highest BCUT2D eigenvalue weighted by Crippen LogP contribution is 2.18. The van der Waals surface area contributed by atoms with Crippen molar-refractivity contribution < 1.29 is 5.11 Å². The minimum atomic E-state index is 0.132. The summed E-state index contributed by atoms with van der Waals surface area (Å²) in [5.41, 5.74) is 6.65. The predicted octanol–water partition coefficient (Wildman–Crippen LogP) is 1.18. The Morgan fingerprint density at radius 2 is 2.23 bits per heavy atom. The average Bonchev–Trinajstić information content (AvgIpc) is 2.03. The van der Waals surface area contributed by atoms with Gasteiger partial charge in [0.05, 0.1) is 0 Å². The molecule has 0 amide bonds. The molecule has 0 heterocycles. The Labute approximate surface area is 78.8 Å². The molecule has 72 valence electrons. The molecule has 0 saturated carbocycles. The summed E-state index contributed by atoms with van der Waals surface area (Å²) in [6.07, 6.45) is 0. The van der Waals surface area contributed by atoms with Crippen molar-refractivity contribution in [3.8, 4) is 5.75 Å². The van der Waals surface area contributed by atoms with E-state index in [1.807, 2.05) is 31.0 Å². The van der Waals surface area contributed by atoms with Crippen LogP contribution in [0.3, 0.4) is 0 Å². The number of benzene rings is 1. The monoisotopic (exact) mass is 180 g/mol. The van der Waals surface area contributed by atoms with Gasteiger partial charge < -0.3 is 15.7 Å². The quantitative estimate of drug-likeness (QED) is 0.734. The molecule has 0 aliphatic rings. The van der Waals surface area contributed by atoms with E-state index in [9.17, 15) is 5.11 Å². The van der Waals surface area contributed by atoms with Crippen LogP contribution in [0.4, 0.5) is 5.69 Å². The number of hydrogen-bond acceptors (Lipinski definition) is 3. The fraction of sp³-hybridized carbons (Fsp3) is 0.400. The number of anilines is 1. The summed E-state index contributed by atoms with van der Waals surface area (Å²) in [7, 11) is 1.96. The maximum absolute atomic E-state index is 9.24.